The average Bonchev–Trinajstić information content (AvgIpc) is 2.62. The van der Waals surface area contributed by atoms with Gasteiger partial charge in [0.1, 0.15) is 0 Å². The van der Waals surface area contributed by atoms with E-state index in [9.17, 15) is 9.59 Å². The largest absolute Gasteiger partial charge is 0.369 e. The average molecular weight is 309 g/mol. The molecule has 2 N–H and O–H groups in total. The molecule has 1 aliphatic rings. The van der Waals surface area contributed by atoms with Gasteiger partial charge in [0.15, 0.2) is 0 Å². The van der Waals surface area contributed by atoms with Gasteiger partial charge in [-0.15, -0.1) is 0 Å². The molecule has 1 saturated heterocycles. The first-order chi connectivity index (χ1) is 11.1. The van der Waals surface area contributed by atoms with Crippen LogP contribution in [0.1, 0.15) is 28.8 Å². The normalized spacial score (nSPS) is 16.8. The molecule has 0 aliphatic carbocycles. The van der Waals surface area contributed by atoms with Crippen molar-refractivity contribution in [2.75, 3.05) is 13.1 Å². The molecule has 0 unspecified atom stereocenters. The van der Waals surface area contributed by atoms with Crippen LogP contribution in [0.5, 0.6) is 0 Å². The number of amides is 2. The van der Waals surface area contributed by atoms with Crippen LogP contribution in [0.2, 0.25) is 0 Å². The van der Waals surface area contributed by atoms with Gasteiger partial charge < -0.3 is 10.6 Å². The Labute approximate surface area is 135 Å². The Balaban J connectivity index is 1.79. The number of rotatable bonds is 3. The molecule has 1 aromatic carbocycles. The van der Waals surface area contributed by atoms with Crippen molar-refractivity contribution in [1.82, 2.24) is 9.88 Å². The summed E-state index contributed by atoms with van der Waals surface area (Å²) in [5.74, 6) is -0.374. The minimum atomic E-state index is -0.688. The molecular weight excluding hydrogens is 290 g/mol. The van der Waals surface area contributed by atoms with E-state index >= 15 is 0 Å². The number of piperidine rings is 1. The maximum atomic E-state index is 12.5. The van der Waals surface area contributed by atoms with E-state index in [0.717, 1.165) is 5.56 Å². The lowest BCUT2D eigenvalue weighted by Gasteiger charge is -2.40. The van der Waals surface area contributed by atoms with Crippen molar-refractivity contribution >= 4 is 11.8 Å². The number of likely N-dealkylation sites (tertiary alicyclic amines) is 1. The lowest BCUT2D eigenvalue weighted by atomic mass is 9.72. The molecular formula is C18H19N3O2. The predicted octanol–water partition coefficient (Wildman–Crippen LogP) is 1.74. The maximum Gasteiger partial charge on any atom is 0.255 e. The maximum absolute atomic E-state index is 12.5. The molecule has 118 valence electrons. The summed E-state index contributed by atoms with van der Waals surface area (Å²) in [5, 5.41) is 0. The Kier molecular flexibility index (Phi) is 4.10. The second kappa shape index (κ2) is 6.20. The zero-order valence-corrected chi connectivity index (χ0v) is 12.8. The quantitative estimate of drug-likeness (QED) is 0.938. The van der Waals surface area contributed by atoms with Crippen molar-refractivity contribution in [2.45, 2.75) is 18.3 Å². The lowest BCUT2D eigenvalue weighted by Crippen LogP contribution is -2.51. The fourth-order valence-corrected chi connectivity index (χ4v) is 3.20. The number of pyridine rings is 1. The third-order valence-electron chi connectivity index (χ3n) is 4.61. The van der Waals surface area contributed by atoms with E-state index in [1.165, 1.54) is 0 Å². The molecule has 0 saturated carbocycles. The summed E-state index contributed by atoms with van der Waals surface area (Å²) in [6.45, 7) is 1.01. The molecule has 2 aromatic rings. The monoisotopic (exact) mass is 309 g/mol. The highest BCUT2D eigenvalue weighted by Gasteiger charge is 2.42. The van der Waals surface area contributed by atoms with Crippen LogP contribution < -0.4 is 5.73 Å². The van der Waals surface area contributed by atoms with Crippen molar-refractivity contribution in [1.29, 1.82) is 0 Å². The Morgan fingerprint density at radius 3 is 2.30 bits per heavy atom. The Morgan fingerprint density at radius 2 is 1.74 bits per heavy atom. The van der Waals surface area contributed by atoms with Crippen LogP contribution in [-0.2, 0) is 10.2 Å². The molecule has 1 aromatic heterocycles. The molecule has 0 bridgehead atoms. The third kappa shape index (κ3) is 2.82. The first kappa shape index (κ1) is 15.2. The van der Waals surface area contributed by atoms with Crippen molar-refractivity contribution in [3.05, 3.63) is 66.0 Å². The summed E-state index contributed by atoms with van der Waals surface area (Å²) in [7, 11) is 0. The Hall–Kier alpha value is -2.69. The summed E-state index contributed by atoms with van der Waals surface area (Å²) in [4.78, 5) is 30.4. The molecule has 3 rings (SSSR count). The van der Waals surface area contributed by atoms with Gasteiger partial charge in [-0.1, -0.05) is 30.3 Å². The van der Waals surface area contributed by atoms with Gasteiger partial charge in [-0.25, -0.2) is 0 Å². The highest BCUT2D eigenvalue weighted by Crippen LogP contribution is 2.35. The van der Waals surface area contributed by atoms with Gasteiger partial charge in [-0.3, -0.25) is 14.6 Å². The predicted molar refractivity (Wildman–Crippen MR) is 86.7 cm³/mol. The Morgan fingerprint density at radius 1 is 1.04 bits per heavy atom. The summed E-state index contributed by atoms with van der Waals surface area (Å²) >= 11 is 0. The van der Waals surface area contributed by atoms with Gasteiger partial charge in [0.2, 0.25) is 5.91 Å². The van der Waals surface area contributed by atoms with Crippen molar-refractivity contribution < 1.29 is 9.59 Å². The van der Waals surface area contributed by atoms with Crippen LogP contribution in [0.25, 0.3) is 0 Å². The second-order valence-electron chi connectivity index (χ2n) is 5.85. The zero-order valence-electron chi connectivity index (χ0n) is 12.8. The van der Waals surface area contributed by atoms with Crippen LogP contribution >= 0.6 is 0 Å². The fraction of sp³-hybridized carbons (Fsp3) is 0.278. The van der Waals surface area contributed by atoms with Gasteiger partial charge >= 0.3 is 0 Å². The first-order valence-corrected chi connectivity index (χ1v) is 7.68. The van der Waals surface area contributed by atoms with Gasteiger partial charge in [0.05, 0.1) is 11.0 Å². The fourth-order valence-electron chi connectivity index (χ4n) is 3.20. The molecule has 5 heteroatoms. The van der Waals surface area contributed by atoms with Gasteiger partial charge in [-0.05, 0) is 30.5 Å². The van der Waals surface area contributed by atoms with E-state index in [0.29, 0.717) is 31.5 Å². The van der Waals surface area contributed by atoms with Crippen molar-refractivity contribution in [2.24, 2.45) is 5.73 Å². The summed E-state index contributed by atoms with van der Waals surface area (Å²) in [6, 6.07) is 13.1. The molecule has 23 heavy (non-hydrogen) atoms. The number of hydrogen-bond donors (Lipinski definition) is 1. The molecule has 0 atom stereocenters. The third-order valence-corrected chi connectivity index (χ3v) is 4.61. The van der Waals surface area contributed by atoms with E-state index in [1.54, 1.807) is 29.4 Å². The molecule has 5 nitrogen and oxygen atoms in total. The van der Waals surface area contributed by atoms with E-state index in [2.05, 4.69) is 4.98 Å². The Bertz CT molecular complexity index is 693. The SMILES string of the molecule is NC(=O)C1(c2ccccc2)CCN(C(=O)c2cccnc2)CC1. The minimum Gasteiger partial charge on any atom is -0.369 e. The van der Waals surface area contributed by atoms with Gasteiger partial charge in [0, 0.05) is 25.5 Å². The number of primary amides is 1. The smallest absolute Gasteiger partial charge is 0.255 e. The number of aromatic nitrogens is 1. The summed E-state index contributed by atoms with van der Waals surface area (Å²) in [6.07, 6.45) is 4.28. The molecule has 1 fully saturated rings. The van der Waals surface area contributed by atoms with E-state index in [-0.39, 0.29) is 11.8 Å². The minimum absolute atomic E-state index is 0.0516. The van der Waals surface area contributed by atoms with Crippen LogP contribution in [0.3, 0.4) is 0 Å². The van der Waals surface area contributed by atoms with E-state index in [4.69, 9.17) is 5.73 Å². The number of carbonyl (C=O) groups excluding carboxylic acids is 2. The highest BCUT2D eigenvalue weighted by atomic mass is 16.2. The zero-order chi connectivity index (χ0) is 16.3. The van der Waals surface area contributed by atoms with Crippen LogP contribution in [0.15, 0.2) is 54.9 Å². The summed E-state index contributed by atoms with van der Waals surface area (Å²) in [5.41, 5.74) is 6.53. The molecule has 2 amide bonds. The number of hydrogen-bond acceptors (Lipinski definition) is 3. The van der Waals surface area contributed by atoms with E-state index in [1.807, 2.05) is 30.3 Å². The van der Waals surface area contributed by atoms with Crippen LogP contribution in [-0.4, -0.2) is 34.8 Å². The van der Waals surface area contributed by atoms with Gasteiger partial charge in [0.25, 0.3) is 5.91 Å². The van der Waals surface area contributed by atoms with Gasteiger partial charge in [-0.2, -0.15) is 0 Å². The molecule has 0 spiro atoms. The number of nitrogens with two attached hydrogens (primary N) is 1. The van der Waals surface area contributed by atoms with Crippen molar-refractivity contribution in [3.8, 4) is 0 Å². The van der Waals surface area contributed by atoms with Crippen LogP contribution in [0.4, 0.5) is 0 Å². The highest BCUT2D eigenvalue weighted by molar-refractivity contribution is 5.94. The topological polar surface area (TPSA) is 76.3 Å². The lowest BCUT2D eigenvalue weighted by molar-refractivity contribution is -0.125. The van der Waals surface area contributed by atoms with Crippen molar-refractivity contribution in [3.63, 3.8) is 0 Å². The van der Waals surface area contributed by atoms with E-state index < -0.39 is 5.41 Å². The molecule has 1 aliphatic heterocycles. The molecule has 0 radical (unpaired) electrons. The second-order valence-corrected chi connectivity index (χ2v) is 5.85. The first-order valence-electron chi connectivity index (χ1n) is 7.68. The standard InChI is InChI=1S/C18H19N3O2/c19-17(23)18(15-6-2-1-3-7-15)8-11-21(12-9-18)16(22)14-5-4-10-20-13-14/h1-7,10,13H,8-9,11-12H2,(H2,19,23). The summed E-state index contributed by atoms with van der Waals surface area (Å²) < 4.78 is 0. The molecule has 2 heterocycles. The number of nitrogens with zero attached hydrogens (tertiary/aromatic N) is 2. The number of carbonyl (C=O) groups is 2. The number of benzene rings is 1. The van der Waals surface area contributed by atoms with Crippen LogP contribution in [0, 0.1) is 0 Å².